The number of amides is 1. The van der Waals surface area contributed by atoms with Crippen LogP contribution in [0, 0.1) is 0 Å². The number of nitrogens with zero attached hydrogens (tertiary/aromatic N) is 1. The van der Waals surface area contributed by atoms with Gasteiger partial charge in [0.25, 0.3) is 0 Å². The van der Waals surface area contributed by atoms with E-state index in [1.54, 1.807) is 0 Å². The zero-order chi connectivity index (χ0) is 17.0. The van der Waals surface area contributed by atoms with Crippen LogP contribution in [-0.4, -0.2) is 52.8 Å². The van der Waals surface area contributed by atoms with Gasteiger partial charge in [0.15, 0.2) is 0 Å². The van der Waals surface area contributed by atoms with Gasteiger partial charge >= 0.3 is 6.09 Å². The standard InChI is InChI=1S/C17H34N2O2S/c1-13(18-12-17(5,6)22-7)11-14-9-8-10-19(14)15(20)21-16(2,3)4/h13-14,18H,8-12H2,1-7H3. The maximum atomic E-state index is 12.3. The Morgan fingerprint density at radius 3 is 2.55 bits per heavy atom. The first-order chi connectivity index (χ1) is 10.0. The second kappa shape index (κ2) is 7.91. The number of carbonyl (C=O) groups is 1. The van der Waals surface area contributed by atoms with Crippen molar-refractivity contribution in [1.29, 1.82) is 0 Å². The molecule has 1 fully saturated rings. The fourth-order valence-electron chi connectivity index (χ4n) is 2.63. The van der Waals surface area contributed by atoms with Gasteiger partial charge in [0.1, 0.15) is 5.60 Å². The molecule has 130 valence electrons. The Balaban J connectivity index is 2.48. The van der Waals surface area contributed by atoms with Crippen LogP contribution in [0.2, 0.25) is 0 Å². The molecule has 1 saturated heterocycles. The minimum absolute atomic E-state index is 0.161. The average molecular weight is 331 g/mol. The van der Waals surface area contributed by atoms with Crippen LogP contribution in [0.1, 0.15) is 60.8 Å². The molecular formula is C17H34N2O2S. The summed E-state index contributed by atoms with van der Waals surface area (Å²) in [6.07, 6.45) is 5.13. The van der Waals surface area contributed by atoms with Crippen molar-refractivity contribution in [2.75, 3.05) is 19.3 Å². The van der Waals surface area contributed by atoms with Gasteiger partial charge in [-0.15, -0.1) is 0 Å². The van der Waals surface area contributed by atoms with Crippen LogP contribution in [0.15, 0.2) is 0 Å². The second-order valence-electron chi connectivity index (χ2n) is 7.95. The summed E-state index contributed by atoms with van der Waals surface area (Å²) in [4.78, 5) is 14.2. The fourth-order valence-corrected chi connectivity index (χ4v) is 2.85. The Kier molecular flexibility index (Phi) is 7.06. The van der Waals surface area contributed by atoms with Crippen LogP contribution in [0.3, 0.4) is 0 Å². The van der Waals surface area contributed by atoms with Gasteiger partial charge in [-0.25, -0.2) is 4.79 Å². The summed E-state index contributed by atoms with van der Waals surface area (Å²) in [7, 11) is 0. The molecule has 5 heteroatoms. The van der Waals surface area contributed by atoms with Gasteiger partial charge in [-0.05, 0) is 67.1 Å². The van der Waals surface area contributed by atoms with Crippen molar-refractivity contribution in [3.8, 4) is 0 Å². The molecule has 1 aliphatic rings. The van der Waals surface area contributed by atoms with Crippen molar-refractivity contribution in [1.82, 2.24) is 10.2 Å². The van der Waals surface area contributed by atoms with Crippen molar-refractivity contribution in [2.24, 2.45) is 0 Å². The molecule has 1 N–H and O–H groups in total. The number of likely N-dealkylation sites (tertiary alicyclic amines) is 1. The van der Waals surface area contributed by atoms with Crippen molar-refractivity contribution >= 4 is 17.9 Å². The van der Waals surface area contributed by atoms with E-state index in [9.17, 15) is 4.79 Å². The number of carbonyl (C=O) groups excluding carboxylic acids is 1. The first kappa shape index (κ1) is 19.6. The van der Waals surface area contributed by atoms with Crippen molar-refractivity contribution in [3.63, 3.8) is 0 Å². The summed E-state index contributed by atoms with van der Waals surface area (Å²) in [6.45, 7) is 14.3. The van der Waals surface area contributed by atoms with E-state index < -0.39 is 5.60 Å². The monoisotopic (exact) mass is 330 g/mol. The van der Waals surface area contributed by atoms with Crippen LogP contribution in [0.25, 0.3) is 0 Å². The van der Waals surface area contributed by atoms with E-state index in [0.717, 1.165) is 32.4 Å². The van der Waals surface area contributed by atoms with Gasteiger partial charge in [0.05, 0.1) is 0 Å². The summed E-state index contributed by atoms with van der Waals surface area (Å²) in [5.74, 6) is 0. The lowest BCUT2D eigenvalue weighted by molar-refractivity contribution is 0.0214. The van der Waals surface area contributed by atoms with Gasteiger partial charge in [0, 0.05) is 29.9 Å². The average Bonchev–Trinajstić information content (AvgIpc) is 2.83. The van der Waals surface area contributed by atoms with E-state index in [1.807, 2.05) is 37.4 Å². The normalized spacial score (nSPS) is 21.0. The lowest BCUT2D eigenvalue weighted by Gasteiger charge is -2.31. The number of hydrogen-bond acceptors (Lipinski definition) is 4. The summed E-state index contributed by atoms with van der Waals surface area (Å²) in [6, 6.07) is 0.703. The van der Waals surface area contributed by atoms with Gasteiger partial charge in [0.2, 0.25) is 0 Å². The molecule has 0 saturated carbocycles. The first-order valence-corrected chi connectivity index (χ1v) is 9.55. The van der Waals surface area contributed by atoms with E-state index >= 15 is 0 Å². The Morgan fingerprint density at radius 1 is 1.36 bits per heavy atom. The highest BCUT2D eigenvalue weighted by molar-refractivity contribution is 7.99. The summed E-state index contributed by atoms with van der Waals surface area (Å²) in [5, 5.41) is 3.61. The molecule has 4 nitrogen and oxygen atoms in total. The third kappa shape index (κ3) is 6.78. The number of nitrogens with one attached hydrogen (secondary N) is 1. The zero-order valence-corrected chi connectivity index (χ0v) is 16.2. The molecule has 22 heavy (non-hydrogen) atoms. The van der Waals surface area contributed by atoms with E-state index in [4.69, 9.17) is 4.74 Å². The van der Waals surface area contributed by atoms with Gasteiger partial charge in [-0.1, -0.05) is 0 Å². The molecule has 1 amide bonds. The molecule has 2 atom stereocenters. The van der Waals surface area contributed by atoms with Crippen molar-refractivity contribution in [2.45, 2.75) is 83.2 Å². The van der Waals surface area contributed by atoms with Gasteiger partial charge < -0.3 is 15.0 Å². The van der Waals surface area contributed by atoms with E-state index in [2.05, 4.69) is 32.3 Å². The highest BCUT2D eigenvalue weighted by Crippen LogP contribution is 2.25. The number of hydrogen-bond donors (Lipinski definition) is 1. The molecule has 0 bridgehead atoms. The topological polar surface area (TPSA) is 41.6 Å². The molecule has 0 aromatic heterocycles. The van der Waals surface area contributed by atoms with E-state index in [-0.39, 0.29) is 10.8 Å². The molecule has 1 rings (SSSR count). The molecule has 0 aromatic carbocycles. The molecule has 1 aliphatic heterocycles. The second-order valence-corrected chi connectivity index (χ2v) is 9.46. The van der Waals surface area contributed by atoms with Crippen LogP contribution in [-0.2, 0) is 4.74 Å². The smallest absolute Gasteiger partial charge is 0.410 e. The number of thioether (sulfide) groups is 1. The van der Waals surface area contributed by atoms with Crippen molar-refractivity contribution < 1.29 is 9.53 Å². The number of rotatable bonds is 6. The van der Waals surface area contributed by atoms with Crippen LogP contribution in [0.5, 0.6) is 0 Å². The van der Waals surface area contributed by atoms with Crippen molar-refractivity contribution in [3.05, 3.63) is 0 Å². The molecule has 2 unspecified atom stereocenters. The third-order valence-corrected chi connectivity index (χ3v) is 5.31. The molecule has 0 aromatic rings. The summed E-state index contributed by atoms with van der Waals surface area (Å²) < 4.78 is 5.77. The third-order valence-electron chi connectivity index (χ3n) is 4.06. The summed E-state index contributed by atoms with van der Waals surface area (Å²) >= 11 is 1.88. The Labute approximate surface area is 140 Å². The number of ether oxygens (including phenoxy) is 1. The van der Waals surface area contributed by atoms with Crippen LogP contribution >= 0.6 is 11.8 Å². The van der Waals surface area contributed by atoms with Crippen LogP contribution in [0.4, 0.5) is 4.79 Å². The largest absolute Gasteiger partial charge is 0.444 e. The van der Waals surface area contributed by atoms with E-state index in [0.29, 0.717) is 12.1 Å². The molecule has 1 heterocycles. The Bertz CT molecular complexity index is 366. The Morgan fingerprint density at radius 2 is 2.00 bits per heavy atom. The minimum Gasteiger partial charge on any atom is -0.444 e. The highest BCUT2D eigenvalue weighted by atomic mass is 32.2. The van der Waals surface area contributed by atoms with E-state index in [1.165, 1.54) is 0 Å². The predicted octanol–water partition coefficient (Wildman–Crippen LogP) is 3.90. The van der Waals surface area contributed by atoms with Crippen LogP contribution < -0.4 is 5.32 Å². The lowest BCUT2D eigenvalue weighted by Crippen LogP contribution is -2.44. The SMILES string of the molecule is CSC(C)(C)CNC(C)CC1CCCN1C(=O)OC(C)(C)C. The Hall–Kier alpha value is -0.420. The molecule has 0 radical (unpaired) electrons. The first-order valence-electron chi connectivity index (χ1n) is 8.32. The highest BCUT2D eigenvalue weighted by Gasteiger charge is 2.33. The van der Waals surface area contributed by atoms with Gasteiger partial charge in [-0.3, -0.25) is 0 Å². The summed E-state index contributed by atoms with van der Waals surface area (Å²) in [5.41, 5.74) is -0.420. The maximum absolute atomic E-state index is 12.3. The fraction of sp³-hybridized carbons (Fsp3) is 0.941. The molecular weight excluding hydrogens is 296 g/mol. The predicted molar refractivity (Wildman–Crippen MR) is 95.6 cm³/mol. The van der Waals surface area contributed by atoms with Gasteiger partial charge in [-0.2, -0.15) is 11.8 Å². The maximum Gasteiger partial charge on any atom is 0.410 e. The minimum atomic E-state index is -0.420. The quantitative estimate of drug-likeness (QED) is 0.802. The molecule has 0 aliphatic carbocycles. The lowest BCUT2D eigenvalue weighted by atomic mass is 10.1. The zero-order valence-electron chi connectivity index (χ0n) is 15.4. The molecule has 0 spiro atoms.